The first-order valence-electron chi connectivity index (χ1n) is 5.88. The highest BCUT2D eigenvalue weighted by atomic mass is 16.5. The number of hydrogen-bond acceptors (Lipinski definition) is 4. The molecule has 0 bridgehead atoms. The molecule has 0 saturated heterocycles. The number of nitrogens with one attached hydrogen (secondary N) is 2. The summed E-state index contributed by atoms with van der Waals surface area (Å²) >= 11 is 0. The predicted octanol–water partition coefficient (Wildman–Crippen LogP) is 0.372. The highest BCUT2D eigenvalue weighted by Crippen LogP contribution is 1.93. The van der Waals surface area contributed by atoms with Crippen LogP contribution in [0.4, 0.5) is 4.79 Å². The van der Waals surface area contributed by atoms with Crippen LogP contribution in [0.5, 0.6) is 0 Å². The van der Waals surface area contributed by atoms with Crippen molar-refractivity contribution in [2.45, 2.75) is 13.0 Å². The number of carbonyl (C=O) groups is 2. The molecule has 0 unspecified atom stereocenters. The maximum absolute atomic E-state index is 11.4. The Hall–Kier alpha value is -2.15. The Labute approximate surface area is 111 Å². The molecular weight excluding hydrogens is 250 g/mol. The van der Waals surface area contributed by atoms with Crippen molar-refractivity contribution < 1.29 is 19.4 Å². The van der Waals surface area contributed by atoms with E-state index in [1.54, 1.807) is 18.5 Å². The fourth-order valence-electron chi connectivity index (χ4n) is 1.25. The van der Waals surface area contributed by atoms with E-state index in [4.69, 9.17) is 9.84 Å². The van der Waals surface area contributed by atoms with Gasteiger partial charge in [-0.05, 0) is 11.6 Å². The summed E-state index contributed by atoms with van der Waals surface area (Å²) in [5, 5.41) is 13.6. The van der Waals surface area contributed by atoms with Crippen LogP contribution >= 0.6 is 0 Å². The molecule has 7 nitrogen and oxygen atoms in total. The second-order valence-corrected chi connectivity index (χ2v) is 3.73. The predicted molar refractivity (Wildman–Crippen MR) is 67.5 cm³/mol. The van der Waals surface area contributed by atoms with Gasteiger partial charge in [-0.3, -0.25) is 9.78 Å². The molecule has 104 valence electrons. The lowest BCUT2D eigenvalue weighted by molar-refractivity contribution is -0.138. The van der Waals surface area contributed by atoms with E-state index >= 15 is 0 Å². The van der Waals surface area contributed by atoms with Gasteiger partial charge in [0.1, 0.15) is 0 Å². The molecule has 7 heteroatoms. The Morgan fingerprint density at radius 1 is 1.32 bits per heavy atom. The summed E-state index contributed by atoms with van der Waals surface area (Å²) in [6.07, 6.45) is 3.31. The lowest BCUT2D eigenvalue weighted by Gasteiger charge is -2.07. The molecular formula is C12H17N3O4. The van der Waals surface area contributed by atoms with Crippen molar-refractivity contribution in [1.82, 2.24) is 15.6 Å². The van der Waals surface area contributed by atoms with Crippen molar-refractivity contribution in [2.75, 3.05) is 19.8 Å². The summed E-state index contributed by atoms with van der Waals surface area (Å²) in [6, 6.07) is 3.36. The van der Waals surface area contributed by atoms with Gasteiger partial charge in [-0.1, -0.05) is 6.07 Å². The molecule has 1 rings (SSSR count). The van der Waals surface area contributed by atoms with Gasteiger partial charge in [0.15, 0.2) is 0 Å². The zero-order valence-corrected chi connectivity index (χ0v) is 10.5. The monoisotopic (exact) mass is 267 g/mol. The fraction of sp³-hybridized carbons (Fsp3) is 0.417. The zero-order valence-electron chi connectivity index (χ0n) is 10.5. The van der Waals surface area contributed by atoms with Crippen LogP contribution in [0.25, 0.3) is 0 Å². The molecule has 3 N–H and O–H groups in total. The normalized spacial score (nSPS) is 9.89. The molecule has 19 heavy (non-hydrogen) atoms. The molecule has 0 radical (unpaired) electrons. The van der Waals surface area contributed by atoms with E-state index in [9.17, 15) is 9.59 Å². The molecule has 0 aromatic carbocycles. The molecule has 0 fully saturated rings. The second-order valence-electron chi connectivity index (χ2n) is 3.73. The minimum absolute atomic E-state index is 0.0345. The highest BCUT2D eigenvalue weighted by molar-refractivity contribution is 5.73. The standard InChI is InChI=1S/C12H17N3O4/c16-11(17)3-6-19-7-5-14-12(18)15-9-10-2-1-4-13-8-10/h1-2,4,8H,3,5-7,9H2,(H,16,17)(H2,14,15,18). The van der Waals surface area contributed by atoms with Gasteiger partial charge in [-0.15, -0.1) is 0 Å². The molecule has 2 amide bonds. The number of pyridine rings is 1. The van der Waals surface area contributed by atoms with E-state index in [2.05, 4.69) is 15.6 Å². The number of hydrogen-bond donors (Lipinski definition) is 3. The number of aromatic nitrogens is 1. The van der Waals surface area contributed by atoms with E-state index in [0.29, 0.717) is 13.1 Å². The lowest BCUT2D eigenvalue weighted by atomic mass is 10.3. The van der Waals surface area contributed by atoms with Crippen molar-refractivity contribution in [1.29, 1.82) is 0 Å². The molecule has 0 spiro atoms. The van der Waals surface area contributed by atoms with Crippen LogP contribution in [0.2, 0.25) is 0 Å². The molecule has 1 heterocycles. The zero-order chi connectivity index (χ0) is 13.9. The van der Waals surface area contributed by atoms with Crippen LogP contribution < -0.4 is 10.6 Å². The summed E-state index contributed by atoms with van der Waals surface area (Å²) in [5.41, 5.74) is 0.912. The number of ether oxygens (including phenoxy) is 1. The Balaban J connectivity index is 2.01. The van der Waals surface area contributed by atoms with Crippen molar-refractivity contribution in [2.24, 2.45) is 0 Å². The number of urea groups is 1. The van der Waals surface area contributed by atoms with Gasteiger partial charge in [0.25, 0.3) is 0 Å². The van der Waals surface area contributed by atoms with Crippen LogP contribution in [0.1, 0.15) is 12.0 Å². The van der Waals surface area contributed by atoms with Crippen LogP contribution in [0.3, 0.4) is 0 Å². The van der Waals surface area contributed by atoms with Crippen molar-refractivity contribution in [3.63, 3.8) is 0 Å². The van der Waals surface area contributed by atoms with E-state index in [1.807, 2.05) is 6.07 Å². The first-order valence-corrected chi connectivity index (χ1v) is 5.88. The van der Waals surface area contributed by atoms with E-state index < -0.39 is 5.97 Å². The Morgan fingerprint density at radius 2 is 2.16 bits per heavy atom. The SMILES string of the molecule is O=C(O)CCOCCNC(=O)NCc1cccnc1. The fourth-order valence-corrected chi connectivity index (χ4v) is 1.25. The molecule has 0 atom stereocenters. The number of rotatable bonds is 8. The number of nitrogens with zero attached hydrogens (tertiary/aromatic N) is 1. The quantitative estimate of drug-likeness (QED) is 0.591. The highest BCUT2D eigenvalue weighted by Gasteiger charge is 2.00. The first kappa shape index (κ1) is 14.9. The molecule has 0 aliphatic carbocycles. The summed E-state index contributed by atoms with van der Waals surface area (Å²) < 4.78 is 5.02. The van der Waals surface area contributed by atoms with E-state index in [-0.39, 0.29) is 25.7 Å². The number of carbonyl (C=O) groups excluding carboxylic acids is 1. The van der Waals surface area contributed by atoms with Gasteiger partial charge in [-0.25, -0.2) is 4.79 Å². The summed E-state index contributed by atoms with van der Waals surface area (Å²) in [5.74, 6) is -0.901. The minimum atomic E-state index is -0.901. The molecule has 0 aliphatic heterocycles. The van der Waals surface area contributed by atoms with Gasteiger partial charge in [0, 0.05) is 25.5 Å². The third-order valence-corrected chi connectivity index (χ3v) is 2.17. The summed E-state index contributed by atoms with van der Waals surface area (Å²) in [7, 11) is 0. The third-order valence-electron chi connectivity index (χ3n) is 2.17. The molecule has 1 aromatic rings. The van der Waals surface area contributed by atoms with Crippen LogP contribution in [0.15, 0.2) is 24.5 Å². The van der Waals surface area contributed by atoms with Gasteiger partial charge >= 0.3 is 12.0 Å². The van der Waals surface area contributed by atoms with Crippen molar-refractivity contribution in [3.05, 3.63) is 30.1 Å². The minimum Gasteiger partial charge on any atom is -0.481 e. The van der Waals surface area contributed by atoms with Gasteiger partial charge in [-0.2, -0.15) is 0 Å². The average Bonchev–Trinajstić information content (AvgIpc) is 2.41. The van der Waals surface area contributed by atoms with Crippen molar-refractivity contribution >= 4 is 12.0 Å². The van der Waals surface area contributed by atoms with Crippen LogP contribution in [-0.4, -0.2) is 41.8 Å². The Bertz CT molecular complexity index is 397. The van der Waals surface area contributed by atoms with Gasteiger partial charge < -0.3 is 20.5 Å². The topological polar surface area (TPSA) is 101 Å². The maximum atomic E-state index is 11.4. The summed E-state index contributed by atoms with van der Waals surface area (Å²) in [4.78, 5) is 25.5. The first-order chi connectivity index (χ1) is 9.18. The van der Waals surface area contributed by atoms with Crippen LogP contribution in [0, 0.1) is 0 Å². The lowest BCUT2D eigenvalue weighted by Crippen LogP contribution is -2.37. The number of amides is 2. The number of aliphatic carboxylic acids is 1. The molecule has 0 aliphatic rings. The van der Waals surface area contributed by atoms with E-state index in [0.717, 1.165) is 5.56 Å². The van der Waals surface area contributed by atoms with Gasteiger partial charge in [0.2, 0.25) is 0 Å². The second kappa shape index (κ2) is 8.87. The number of carboxylic acid groups (broad SMARTS) is 1. The van der Waals surface area contributed by atoms with Crippen LogP contribution in [-0.2, 0) is 16.1 Å². The smallest absolute Gasteiger partial charge is 0.315 e. The average molecular weight is 267 g/mol. The number of carboxylic acids is 1. The third kappa shape index (κ3) is 7.72. The van der Waals surface area contributed by atoms with E-state index in [1.165, 1.54) is 0 Å². The Kier molecular flexibility index (Phi) is 6.96. The van der Waals surface area contributed by atoms with Crippen molar-refractivity contribution in [3.8, 4) is 0 Å². The summed E-state index contributed by atoms with van der Waals surface area (Å²) in [6.45, 7) is 1.17. The maximum Gasteiger partial charge on any atom is 0.315 e. The molecule has 0 saturated carbocycles. The molecule has 1 aromatic heterocycles. The Morgan fingerprint density at radius 3 is 2.84 bits per heavy atom. The largest absolute Gasteiger partial charge is 0.481 e. The van der Waals surface area contributed by atoms with Gasteiger partial charge in [0.05, 0.1) is 19.6 Å².